The van der Waals surface area contributed by atoms with Crippen molar-refractivity contribution in [3.05, 3.63) is 87.9 Å². The van der Waals surface area contributed by atoms with Gasteiger partial charge in [-0.15, -0.1) is 0 Å². The normalized spacial score (nSPS) is 11.6. The Balaban J connectivity index is 1.65. The topological polar surface area (TPSA) is 112 Å². The van der Waals surface area contributed by atoms with Crippen molar-refractivity contribution in [2.75, 3.05) is 32.2 Å². The molecule has 0 radical (unpaired) electrons. The lowest BCUT2D eigenvalue weighted by molar-refractivity contribution is -0.117. The highest BCUT2D eigenvalue weighted by Crippen LogP contribution is 2.11. The average molecular weight is 485 g/mol. The van der Waals surface area contributed by atoms with E-state index in [2.05, 4.69) is 15.6 Å². The zero-order valence-corrected chi connectivity index (χ0v) is 19.3. The number of hydrogen-bond donors (Lipinski definition) is 2. The first-order valence-electron chi connectivity index (χ1n) is 10.5. The molecule has 34 heavy (non-hydrogen) atoms. The number of carbonyl (C=O) groups excluding carboxylic acids is 2. The molecule has 0 aliphatic rings. The lowest BCUT2D eigenvalue weighted by Crippen LogP contribution is -2.41. The van der Waals surface area contributed by atoms with E-state index in [0.717, 1.165) is 0 Å². The smallest absolute Gasteiger partial charge is 0.255 e. The van der Waals surface area contributed by atoms with Crippen LogP contribution in [0.3, 0.4) is 0 Å². The summed E-state index contributed by atoms with van der Waals surface area (Å²) in [6, 6.07) is 14.1. The molecule has 0 saturated carbocycles. The van der Waals surface area contributed by atoms with Crippen LogP contribution in [0.4, 0.5) is 5.82 Å². The number of nitrogens with one attached hydrogen (secondary N) is 2. The molecule has 3 aromatic rings. The summed E-state index contributed by atoms with van der Waals surface area (Å²) >= 11 is 5.82. The predicted molar refractivity (Wildman–Crippen MR) is 128 cm³/mol. The van der Waals surface area contributed by atoms with Crippen molar-refractivity contribution in [3.63, 3.8) is 0 Å². The van der Waals surface area contributed by atoms with Crippen LogP contribution >= 0.6 is 11.6 Å². The molecule has 0 spiro atoms. The standard InChI is InChI=1S/C24H25ClN4O5/c1-33-12-13-34-16-19(14-22(30)28-21-10-7-18(25)15-26-21)27-24(32)17-5-8-20(9-6-17)29-11-3-2-4-23(29)31/h2-11,15,19H,12-14,16H2,1H3,(H,27,32)(H,26,28,30). The van der Waals surface area contributed by atoms with Crippen LogP contribution in [0.1, 0.15) is 16.8 Å². The van der Waals surface area contributed by atoms with Gasteiger partial charge >= 0.3 is 0 Å². The fraction of sp³-hybridized carbons (Fsp3) is 0.250. The van der Waals surface area contributed by atoms with Crippen LogP contribution in [0.5, 0.6) is 0 Å². The summed E-state index contributed by atoms with van der Waals surface area (Å²) in [6.07, 6.45) is 3.05. The minimum Gasteiger partial charge on any atom is -0.382 e. The van der Waals surface area contributed by atoms with Crippen LogP contribution in [0.15, 0.2) is 71.8 Å². The van der Waals surface area contributed by atoms with Gasteiger partial charge in [-0.05, 0) is 42.5 Å². The van der Waals surface area contributed by atoms with Crippen LogP contribution in [-0.4, -0.2) is 54.3 Å². The van der Waals surface area contributed by atoms with Crippen LogP contribution in [0.25, 0.3) is 5.69 Å². The largest absolute Gasteiger partial charge is 0.382 e. The van der Waals surface area contributed by atoms with Crippen molar-refractivity contribution >= 4 is 29.2 Å². The third kappa shape index (κ3) is 7.51. The Morgan fingerprint density at radius 2 is 1.88 bits per heavy atom. The number of nitrogens with zero attached hydrogens (tertiary/aromatic N) is 2. The molecule has 3 rings (SSSR count). The fourth-order valence-electron chi connectivity index (χ4n) is 3.07. The molecule has 1 aromatic carbocycles. The fourth-order valence-corrected chi connectivity index (χ4v) is 3.18. The molecular weight excluding hydrogens is 460 g/mol. The van der Waals surface area contributed by atoms with E-state index in [1.807, 2.05) is 0 Å². The van der Waals surface area contributed by atoms with Gasteiger partial charge in [0.2, 0.25) is 5.91 Å². The Bertz CT molecular complexity index is 1150. The number of aromatic nitrogens is 2. The van der Waals surface area contributed by atoms with Gasteiger partial charge in [-0.1, -0.05) is 17.7 Å². The Morgan fingerprint density at radius 3 is 2.56 bits per heavy atom. The monoisotopic (exact) mass is 484 g/mol. The summed E-state index contributed by atoms with van der Waals surface area (Å²) < 4.78 is 12.0. The first-order valence-corrected chi connectivity index (χ1v) is 10.9. The lowest BCUT2D eigenvalue weighted by atomic mass is 10.1. The molecular formula is C24H25ClN4O5. The van der Waals surface area contributed by atoms with Gasteiger partial charge in [0.15, 0.2) is 0 Å². The van der Waals surface area contributed by atoms with E-state index >= 15 is 0 Å². The van der Waals surface area contributed by atoms with Crippen molar-refractivity contribution in [2.24, 2.45) is 0 Å². The maximum atomic E-state index is 12.8. The summed E-state index contributed by atoms with van der Waals surface area (Å²) in [6.45, 7) is 0.833. The van der Waals surface area contributed by atoms with Gasteiger partial charge in [0.25, 0.3) is 11.5 Å². The second-order valence-electron chi connectivity index (χ2n) is 7.31. The average Bonchev–Trinajstić information content (AvgIpc) is 2.83. The van der Waals surface area contributed by atoms with Crippen molar-refractivity contribution < 1.29 is 19.1 Å². The van der Waals surface area contributed by atoms with Gasteiger partial charge in [-0.3, -0.25) is 19.0 Å². The second kappa shape index (κ2) is 12.6. The minimum absolute atomic E-state index is 0.0273. The number of anilines is 1. The van der Waals surface area contributed by atoms with Gasteiger partial charge in [-0.2, -0.15) is 0 Å². The molecule has 2 aromatic heterocycles. The second-order valence-corrected chi connectivity index (χ2v) is 7.74. The number of halogens is 1. The van der Waals surface area contributed by atoms with Gasteiger partial charge in [0.05, 0.1) is 30.9 Å². The van der Waals surface area contributed by atoms with E-state index in [-0.39, 0.29) is 30.4 Å². The molecule has 0 fully saturated rings. The Morgan fingerprint density at radius 1 is 1.09 bits per heavy atom. The quantitative estimate of drug-likeness (QED) is 0.405. The summed E-state index contributed by atoms with van der Waals surface area (Å²) in [4.78, 5) is 41.3. The Kier molecular flexibility index (Phi) is 9.33. The van der Waals surface area contributed by atoms with Crippen LogP contribution in [0.2, 0.25) is 5.02 Å². The molecule has 0 saturated heterocycles. The van der Waals surface area contributed by atoms with Gasteiger partial charge in [0.1, 0.15) is 5.82 Å². The van der Waals surface area contributed by atoms with Gasteiger partial charge < -0.3 is 20.1 Å². The summed E-state index contributed by atoms with van der Waals surface area (Å²) in [5.74, 6) is -0.356. The molecule has 2 N–H and O–H groups in total. The lowest BCUT2D eigenvalue weighted by Gasteiger charge is -2.19. The highest BCUT2D eigenvalue weighted by atomic mass is 35.5. The number of carbonyl (C=O) groups is 2. The summed E-state index contributed by atoms with van der Waals surface area (Å²) in [5.41, 5.74) is 0.847. The maximum absolute atomic E-state index is 12.8. The van der Waals surface area contributed by atoms with Crippen LogP contribution < -0.4 is 16.2 Å². The highest BCUT2D eigenvalue weighted by Gasteiger charge is 2.18. The van der Waals surface area contributed by atoms with E-state index in [0.29, 0.717) is 35.3 Å². The number of rotatable bonds is 11. The molecule has 1 atom stereocenters. The molecule has 1 unspecified atom stereocenters. The molecule has 10 heteroatoms. The van der Waals surface area contributed by atoms with E-state index in [1.165, 1.54) is 16.8 Å². The first-order chi connectivity index (χ1) is 16.5. The highest BCUT2D eigenvalue weighted by molar-refractivity contribution is 6.30. The number of pyridine rings is 2. The Labute approximate surface area is 201 Å². The van der Waals surface area contributed by atoms with Crippen molar-refractivity contribution in [3.8, 4) is 5.69 Å². The van der Waals surface area contributed by atoms with E-state index < -0.39 is 6.04 Å². The third-order valence-electron chi connectivity index (χ3n) is 4.74. The zero-order valence-electron chi connectivity index (χ0n) is 18.6. The first kappa shape index (κ1) is 25.1. The molecule has 9 nitrogen and oxygen atoms in total. The van der Waals surface area contributed by atoms with Crippen molar-refractivity contribution in [2.45, 2.75) is 12.5 Å². The SMILES string of the molecule is COCCOCC(CC(=O)Nc1ccc(Cl)cn1)NC(=O)c1ccc(-n2ccccc2=O)cc1. The van der Waals surface area contributed by atoms with E-state index in [9.17, 15) is 14.4 Å². The summed E-state index contributed by atoms with van der Waals surface area (Å²) in [7, 11) is 1.56. The minimum atomic E-state index is -0.590. The number of amides is 2. The van der Waals surface area contributed by atoms with Crippen molar-refractivity contribution in [1.29, 1.82) is 0 Å². The molecule has 0 bridgehead atoms. The molecule has 0 aliphatic carbocycles. The number of methoxy groups -OCH3 is 1. The van der Waals surface area contributed by atoms with E-state index in [1.54, 1.807) is 61.8 Å². The number of ether oxygens (including phenoxy) is 2. The summed E-state index contributed by atoms with van der Waals surface area (Å²) in [5, 5.41) is 5.96. The van der Waals surface area contributed by atoms with Crippen LogP contribution in [0, 0.1) is 0 Å². The van der Waals surface area contributed by atoms with Gasteiger partial charge in [0, 0.05) is 43.2 Å². The molecule has 178 valence electrons. The van der Waals surface area contributed by atoms with Crippen molar-refractivity contribution in [1.82, 2.24) is 14.9 Å². The molecule has 0 aliphatic heterocycles. The van der Waals surface area contributed by atoms with E-state index in [4.69, 9.17) is 21.1 Å². The number of benzene rings is 1. The number of hydrogen-bond acceptors (Lipinski definition) is 6. The van der Waals surface area contributed by atoms with Gasteiger partial charge in [-0.25, -0.2) is 4.98 Å². The predicted octanol–water partition coefficient (Wildman–Crippen LogP) is 2.68. The van der Waals surface area contributed by atoms with Crippen LogP contribution in [-0.2, 0) is 14.3 Å². The maximum Gasteiger partial charge on any atom is 0.255 e. The Hall–Kier alpha value is -3.53. The molecule has 2 heterocycles. The zero-order chi connectivity index (χ0) is 24.3. The third-order valence-corrected chi connectivity index (χ3v) is 4.97. The molecule has 2 amide bonds.